The summed E-state index contributed by atoms with van der Waals surface area (Å²) in [7, 11) is 0. The van der Waals surface area contributed by atoms with E-state index < -0.39 is 24.3 Å². The number of carbonyl (C=O) groups is 1. The molecule has 0 aliphatic heterocycles. The first-order valence-corrected chi connectivity index (χ1v) is 11.0. The van der Waals surface area contributed by atoms with Crippen molar-refractivity contribution in [2.45, 2.75) is 50.4 Å². The van der Waals surface area contributed by atoms with E-state index in [2.05, 4.69) is 36.5 Å². The van der Waals surface area contributed by atoms with Gasteiger partial charge in [0, 0.05) is 12.1 Å². The lowest BCUT2D eigenvalue weighted by atomic mass is 9.94. The Balaban J connectivity index is 1.50. The highest BCUT2D eigenvalue weighted by Gasteiger charge is 2.34. The van der Waals surface area contributed by atoms with Crippen molar-refractivity contribution in [3.8, 4) is 5.75 Å². The maximum atomic E-state index is 13.4. The number of hydrogen-bond acceptors (Lipinski definition) is 3. The van der Waals surface area contributed by atoms with Crippen molar-refractivity contribution < 1.29 is 27.8 Å². The van der Waals surface area contributed by atoms with Crippen molar-refractivity contribution in [1.29, 1.82) is 0 Å². The van der Waals surface area contributed by atoms with Gasteiger partial charge in [0.05, 0.1) is 5.56 Å². The summed E-state index contributed by atoms with van der Waals surface area (Å²) in [5, 5.41) is 14.8. The number of nitrogens with one attached hydrogen (secondary N) is 1. The molecule has 1 aliphatic rings. The second-order valence-electron chi connectivity index (χ2n) is 8.63. The molecule has 0 amide bonds. The molecule has 3 unspecified atom stereocenters. The van der Waals surface area contributed by atoms with Crippen LogP contribution in [0.1, 0.15) is 54.8 Å². The lowest BCUT2D eigenvalue weighted by Crippen LogP contribution is -2.29. The molecular weight excluding hydrogens is 431 g/mol. The third-order valence-corrected chi connectivity index (χ3v) is 6.30. The minimum atomic E-state index is -4.53. The van der Waals surface area contributed by atoms with Crippen LogP contribution in [-0.4, -0.2) is 23.7 Å². The van der Waals surface area contributed by atoms with Crippen LogP contribution in [0.4, 0.5) is 13.2 Å². The van der Waals surface area contributed by atoms with E-state index in [9.17, 15) is 18.0 Å². The van der Waals surface area contributed by atoms with Gasteiger partial charge in [0.2, 0.25) is 0 Å². The number of benzene rings is 3. The Labute approximate surface area is 190 Å². The molecule has 3 aromatic carbocycles. The van der Waals surface area contributed by atoms with E-state index >= 15 is 0 Å². The number of halogens is 3. The topological polar surface area (TPSA) is 58.6 Å². The number of fused-ring (bicyclic) bond motifs is 1. The molecule has 0 spiro atoms. The van der Waals surface area contributed by atoms with Crippen LogP contribution in [0.2, 0.25) is 0 Å². The fourth-order valence-electron chi connectivity index (χ4n) is 4.76. The van der Waals surface area contributed by atoms with Crippen molar-refractivity contribution in [1.82, 2.24) is 5.32 Å². The monoisotopic (exact) mass is 457 g/mol. The molecule has 4 rings (SSSR count). The molecule has 3 aromatic rings. The van der Waals surface area contributed by atoms with E-state index in [1.807, 2.05) is 18.2 Å². The molecular formula is C26H26F3NO3. The van der Waals surface area contributed by atoms with Crippen molar-refractivity contribution in [3.05, 3.63) is 77.4 Å². The van der Waals surface area contributed by atoms with Gasteiger partial charge in [0.25, 0.3) is 0 Å². The third-order valence-electron chi connectivity index (χ3n) is 6.30. The van der Waals surface area contributed by atoms with Gasteiger partial charge in [0.15, 0.2) is 6.61 Å². The smallest absolute Gasteiger partial charge is 0.416 e. The molecule has 0 bridgehead atoms. The molecule has 4 nitrogen and oxygen atoms in total. The predicted molar refractivity (Wildman–Crippen MR) is 120 cm³/mol. The summed E-state index contributed by atoms with van der Waals surface area (Å²) in [6.45, 7) is 1.43. The van der Waals surface area contributed by atoms with E-state index in [-0.39, 0.29) is 23.8 Å². The number of rotatable bonds is 7. The van der Waals surface area contributed by atoms with Crippen LogP contribution < -0.4 is 10.1 Å². The minimum Gasteiger partial charge on any atom is -0.482 e. The van der Waals surface area contributed by atoms with Gasteiger partial charge in [-0.25, -0.2) is 4.79 Å². The van der Waals surface area contributed by atoms with Gasteiger partial charge in [0.1, 0.15) is 5.75 Å². The summed E-state index contributed by atoms with van der Waals surface area (Å²) < 4.78 is 45.3. The van der Waals surface area contributed by atoms with Crippen LogP contribution in [0.5, 0.6) is 5.75 Å². The van der Waals surface area contributed by atoms with Crippen LogP contribution in [0.15, 0.2) is 60.7 Å². The quantitative estimate of drug-likeness (QED) is 0.437. The molecule has 3 atom stereocenters. The number of carboxylic acid groups (broad SMARTS) is 1. The standard InChI is InChI=1S/C26H26F3NO3/c1-16(23-8-4-6-17-5-2-3-7-24(17)23)30-21-10-9-18(12-21)19-11-20(26(27,28)29)14-22(13-19)33-15-25(31)32/h2-8,11,13-14,16,18,21,30H,9-10,12,15H2,1H3,(H,31,32). The molecule has 0 radical (unpaired) electrons. The zero-order valence-corrected chi connectivity index (χ0v) is 18.2. The fraction of sp³-hybridized carbons (Fsp3) is 0.346. The van der Waals surface area contributed by atoms with Crippen molar-refractivity contribution in [2.75, 3.05) is 6.61 Å². The number of carboxylic acids is 1. The Morgan fingerprint density at radius 3 is 2.64 bits per heavy atom. The molecule has 2 N–H and O–H groups in total. The summed E-state index contributed by atoms with van der Waals surface area (Å²) >= 11 is 0. The molecule has 174 valence electrons. The average molecular weight is 457 g/mol. The van der Waals surface area contributed by atoms with Crippen LogP contribution >= 0.6 is 0 Å². The van der Waals surface area contributed by atoms with Crippen LogP contribution in [0, 0.1) is 0 Å². The van der Waals surface area contributed by atoms with Crippen LogP contribution in [-0.2, 0) is 11.0 Å². The first kappa shape index (κ1) is 23.1. The van der Waals surface area contributed by atoms with Crippen molar-refractivity contribution in [3.63, 3.8) is 0 Å². The van der Waals surface area contributed by atoms with Crippen LogP contribution in [0.25, 0.3) is 10.8 Å². The van der Waals surface area contributed by atoms with Gasteiger partial charge in [-0.3, -0.25) is 0 Å². The van der Waals surface area contributed by atoms with E-state index in [0.717, 1.165) is 25.0 Å². The van der Waals surface area contributed by atoms with Crippen molar-refractivity contribution >= 4 is 16.7 Å². The summed E-state index contributed by atoms with van der Waals surface area (Å²) in [4.78, 5) is 10.8. The second kappa shape index (κ2) is 9.43. The van der Waals surface area contributed by atoms with E-state index in [4.69, 9.17) is 9.84 Å². The molecule has 0 aromatic heterocycles. The first-order chi connectivity index (χ1) is 15.7. The Morgan fingerprint density at radius 2 is 1.88 bits per heavy atom. The first-order valence-electron chi connectivity index (χ1n) is 11.0. The highest BCUT2D eigenvalue weighted by Crippen LogP contribution is 2.40. The Bertz CT molecular complexity index is 1140. The average Bonchev–Trinajstić information content (AvgIpc) is 3.25. The lowest BCUT2D eigenvalue weighted by Gasteiger charge is -2.22. The Hall–Kier alpha value is -3.06. The summed E-state index contributed by atoms with van der Waals surface area (Å²) in [6, 6.07) is 18.2. The van der Waals surface area contributed by atoms with Gasteiger partial charge in [-0.1, -0.05) is 42.5 Å². The van der Waals surface area contributed by atoms with Gasteiger partial charge in [-0.15, -0.1) is 0 Å². The molecule has 0 saturated heterocycles. The summed E-state index contributed by atoms with van der Waals surface area (Å²) in [5.74, 6) is -1.36. The normalized spacial score (nSPS) is 19.5. The zero-order valence-electron chi connectivity index (χ0n) is 18.2. The van der Waals surface area contributed by atoms with E-state index in [0.29, 0.717) is 12.0 Å². The summed E-state index contributed by atoms with van der Waals surface area (Å²) in [5.41, 5.74) is 0.910. The number of alkyl halides is 3. The largest absolute Gasteiger partial charge is 0.482 e. The van der Waals surface area contributed by atoms with Gasteiger partial charge in [-0.05, 0) is 72.2 Å². The fourth-order valence-corrected chi connectivity index (χ4v) is 4.76. The number of aliphatic carboxylic acids is 1. The van der Waals surface area contributed by atoms with Gasteiger partial charge in [-0.2, -0.15) is 13.2 Å². The van der Waals surface area contributed by atoms with Crippen molar-refractivity contribution in [2.24, 2.45) is 0 Å². The van der Waals surface area contributed by atoms with E-state index in [1.54, 1.807) is 6.07 Å². The van der Waals surface area contributed by atoms with Gasteiger partial charge >= 0.3 is 12.1 Å². The van der Waals surface area contributed by atoms with E-state index in [1.165, 1.54) is 16.3 Å². The minimum absolute atomic E-state index is 0.0586. The molecule has 7 heteroatoms. The predicted octanol–water partition coefficient (Wildman–Crippen LogP) is 6.31. The highest BCUT2D eigenvalue weighted by molar-refractivity contribution is 5.86. The summed E-state index contributed by atoms with van der Waals surface area (Å²) in [6.07, 6.45) is -2.23. The maximum absolute atomic E-state index is 13.4. The molecule has 1 aliphatic carbocycles. The molecule has 33 heavy (non-hydrogen) atoms. The molecule has 1 fully saturated rings. The lowest BCUT2D eigenvalue weighted by molar-refractivity contribution is -0.139. The Kier molecular flexibility index (Phi) is 6.61. The number of hydrogen-bond donors (Lipinski definition) is 2. The molecule has 0 heterocycles. The number of ether oxygens (including phenoxy) is 1. The Morgan fingerprint density at radius 1 is 1.12 bits per heavy atom. The van der Waals surface area contributed by atoms with Gasteiger partial charge < -0.3 is 15.2 Å². The molecule has 1 saturated carbocycles. The second-order valence-corrected chi connectivity index (χ2v) is 8.63. The zero-order chi connectivity index (χ0) is 23.6. The SMILES string of the molecule is CC(NC1CCC(c2cc(OCC(=O)O)cc(C(F)(F)F)c2)C1)c1cccc2ccccc12. The highest BCUT2D eigenvalue weighted by atomic mass is 19.4. The van der Waals surface area contributed by atoms with Crippen LogP contribution in [0.3, 0.4) is 0 Å². The maximum Gasteiger partial charge on any atom is 0.416 e. The third kappa shape index (κ3) is 5.47.